The van der Waals surface area contributed by atoms with E-state index < -0.39 is 11.6 Å². The van der Waals surface area contributed by atoms with E-state index in [0.29, 0.717) is 11.4 Å². The van der Waals surface area contributed by atoms with Crippen LogP contribution in [0.4, 0.5) is 11.4 Å². The van der Waals surface area contributed by atoms with E-state index in [4.69, 9.17) is 11.5 Å². The summed E-state index contributed by atoms with van der Waals surface area (Å²) in [6.45, 7) is 0. The normalized spacial score (nSPS) is 14.4. The maximum atomic E-state index is 13.1. The van der Waals surface area contributed by atoms with Crippen molar-refractivity contribution < 1.29 is 9.59 Å². The molecule has 4 aromatic carbocycles. The molecule has 156 valence electrons. The van der Waals surface area contributed by atoms with Crippen LogP contribution >= 0.6 is 0 Å². The number of hydrogen-bond donors (Lipinski definition) is 4. The van der Waals surface area contributed by atoms with Crippen LogP contribution in [-0.4, -0.2) is 11.6 Å². The molecule has 4 aromatic rings. The highest BCUT2D eigenvalue weighted by Crippen LogP contribution is 2.29. The Morgan fingerprint density at radius 1 is 0.500 bits per heavy atom. The average Bonchev–Trinajstić information content (AvgIpc) is 2.83. The maximum absolute atomic E-state index is 13.1. The lowest BCUT2D eigenvalue weighted by atomic mass is 9.98. The molecule has 0 saturated heterocycles. The molecule has 6 N–H and O–H groups in total. The number of hydrogen-bond acceptors (Lipinski definition) is 6. The van der Waals surface area contributed by atoms with E-state index in [1.165, 1.54) is 0 Å². The summed E-state index contributed by atoms with van der Waals surface area (Å²) in [5.74, 6) is -1.06. The van der Waals surface area contributed by atoms with E-state index in [1.807, 2.05) is 84.9 Å². The van der Waals surface area contributed by atoms with Gasteiger partial charge in [0.25, 0.3) is 0 Å². The first kappa shape index (κ1) is 19.4. The van der Waals surface area contributed by atoms with Gasteiger partial charge in [-0.3, -0.25) is 9.59 Å². The van der Waals surface area contributed by atoms with E-state index in [1.54, 1.807) is 0 Å². The number of carbonyl (C=O) groups is 2. The standard InChI is InChI=1S/C26H20N4O2/c27-21-23(29-19-13-5-9-15-7-1-3-11-17(15)19)25(31)22(28)24(26(21)32)30-20-14-6-10-16-8-2-4-12-18(16)20/h1-14,29-30H,27-28H2. The molecule has 1 aliphatic carbocycles. The predicted octanol–water partition coefficient (Wildman–Crippen LogP) is 4.01. The van der Waals surface area contributed by atoms with Crippen LogP contribution in [0.15, 0.2) is 108 Å². The third-order valence-corrected chi connectivity index (χ3v) is 5.58. The Morgan fingerprint density at radius 2 is 0.875 bits per heavy atom. The average molecular weight is 420 g/mol. The molecule has 0 fully saturated rings. The van der Waals surface area contributed by atoms with Gasteiger partial charge in [0, 0.05) is 22.1 Å². The summed E-state index contributed by atoms with van der Waals surface area (Å²) in [5.41, 5.74) is 13.2. The second kappa shape index (κ2) is 7.59. The molecule has 0 bridgehead atoms. The summed E-state index contributed by atoms with van der Waals surface area (Å²) in [6, 6.07) is 26.8. The molecule has 0 spiro atoms. The first-order chi connectivity index (χ1) is 15.5. The molecule has 6 nitrogen and oxygen atoms in total. The molecule has 0 aromatic heterocycles. The Balaban J connectivity index is 1.51. The van der Waals surface area contributed by atoms with Crippen molar-refractivity contribution in [3.05, 3.63) is 108 Å². The van der Waals surface area contributed by atoms with Crippen LogP contribution in [0, 0.1) is 0 Å². The number of benzene rings is 4. The van der Waals surface area contributed by atoms with E-state index in [-0.39, 0.29) is 22.8 Å². The minimum atomic E-state index is -0.530. The summed E-state index contributed by atoms with van der Waals surface area (Å²) in [7, 11) is 0. The van der Waals surface area contributed by atoms with Crippen molar-refractivity contribution in [1.82, 2.24) is 0 Å². The van der Waals surface area contributed by atoms with Crippen LogP contribution in [0.1, 0.15) is 0 Å². The van der Waals surface area contributed by atoms with E-state index in [0.717, 1.165) is 21.5 Å². The van der Waals surface area contributed by atoms with Gasteiger partial charge in [-0.2, -0.15) is 0 Å². The highest BCUT2D eigenvalue weighted by Gasteiger charge is 2.33. The Morgan fingerprint density at radius 3 is 1.31 bits per heavy atom. The zero-order valence-corrected chi connectivity index (χ0v) is 17.1. The van der Waals surface area contributed by atoms with Gasteiger partial charge in [-0.25, -0.2) is 0 Å². The monoisotopic (exact) mass is 420 g/mol. The third kappa shape index (κ3) is 3.15. The zero-order valence-electron chi connectivity index (χ0n) is 17.1. The van der Waals surface area contributed by atoms with Gasteiger partial charge in [0.2, 0.25) is 11.6 Å². The molecule has 0 saturated carbocycles. The van der Waals surface area contributed by atoms with Crippen molar-refractivity contribution in [2.75, 3.05) is 10.6 Å². The molecule has 0 amide bonds. The van der Waals surface area contributed by atoms with Gasteiger partial charge in [0.05, 0.1) is 0 Å². The Hall–Kier alpha value is -4.58. The fourth-order valence-electron chi connectivity index (χ4n) is 3.93. The number of ketones is 2. The first-order valence-electron chi connectivity index (χ1n) is 10.1. The Kier molecular flexibility index (Phi) is 4.60. The minimum Gasteiger partial charge on any atom is -0.394 e. The zero-order chi connectivity index (χ0) is 22.2. The van der Waals surface area contributed by atoms with Gasteiger partial charge in [0.15, 0.2) is 0 Å². The van der Waals surface area contributed by atoms with Gasteiger partial charge < -0.3 is 22.1 Å². The molecule has 0 radical (unpaired) electrons. The van der Waals surface area contributed by atoms with Crippen molar-refractivity contribution in [1.29, 1.82) is 0 Å². The van der Waals surface area contributed by atoms with Crippen LogP contribution in [-0.2, 0) is 9.59 Å². The molecule has 0 aliphatic heterocycles. The SMILES string of the molecule is NC1=C(Nc2cccc3ccccc23)C(=O)C(N)=C(Nc2cccc3ccccc23)C1=O. The second-order valence-corrected chi connectivity index (χ2v) is 7.54. The molecule has 0 unspecified atom stereocenters. The van der Waals surface area contributed by atoms with Crippen LogP contribution in [0.3, 0.4) is 0 Å². The Labute approximate surface area is 184 Å². The molecular weight excluding hydrogens is 400 g/mol. The number of fused-ring (bicyclic) bond motifs is 2. The highest BCUT2D eigenvalue weighted by molar-refractivity contribution is 6.26. The van der Waals surface area contributed by atoms with Gasteiger partial charge in [0.1, 0.15) is 22.8 Å². The predicted molar refractivity (Wildman–Crippen MR) is 128 cm³/mol. The summed E-state index contributed by atoms with van der Waals surface area (Å²) in [5, 5.41) is 9.87. The summed E-state index contributed by atoms with van der Waals surface area (Å²) in [4.78, 5) is 26.2. The van der Waals surface area contributed by atoms with Crippen LogP contribution in [0.5, 0.6) is 0 Å². The van der Waals surface area contributed by atoms with Crippen molar-refractivity contribution in [2.45, 2.75) is 0 Å². The fraction of sp³-hybridized carbons (Fsp3) is 0. The molecule has 0 heterocycles. The number of nitrogens with two attached hydrogens (primary N) is 2. The van der Waals surface area contributed by atoms with Crippen molar-refractivity contribution in [3.8, 4) is 0 Å². The number of anilines is 2. The molecule has 5 rings (SSSR count). The van der Waals surface area contributed by atoms with Crippen LogP contribution in [0.2, 0.25) is 0 Å². The van der Waals surface area contributed by atoms with Crippen molar-refractivity contribution in [2.24, 2.45) is 11.5 Å². The Bertz CT molecular complexity index is 1360. The molecule has 32 heavy (non-hydrogen) atoms. The quantitative estimate of drug-likeness (QED) is 0.371. The maximum Gasteiger partial charge on any atom is 0.229 e. The minimum absolute atomic E-state index is 0.0210. The van der Waals surface area contributed by atoms with Gasteiger partial charge in [-0.05, 0) is 22.9 Å². The largest absolute Gasteiger partial charge is 0.394 e. The van der Waals surface area contributed by atoms with E-state index >= 15 is 0 Å². The fourth-order valence-corrected chi connectivity index (χ4v) is 3.93. The number of nitrogens with one attached hydrogen (secondary N) is 2. The number of Topliss-reactive ketones (excluding diaryl/α,β-unsaturated/α-hetero) is 2. The van der Waals surface area contributed by atoms with Crippen LogP contribution in [0.25, 0.3) is 21.5 Å². The lowest BCUT2D eigenvalue weighted by Crippen LogP contribution is -2.36. The lowest BCUT2D eigenvalue weighted by Gasteiger charge is -2.22. The van der Waals surface area contributed by atoms with Gasteiger partial charge >= 0.3 is 0 Å². The summed E-state index contributed by atoms with van der Waals surface area (Å²) < 4.78 is 0. The molecule has 0 atom stereocenters. The number of rotatable bonds is 4. The topological polar surface area (TPSA) is 110 Å². The van der Waals surface area contributed by atoms with Crippen LogP contribution < -0.4 is 22.1 Å². The van der Waals surface area contributed by atoms with Gasteiger partial charge in [-0.15, -0.1) is 0 Å². The molecule has 6 heteroatoms. The summed E-state index contributed by atoms with van der Waals surface area (Å²) >= 11 is 0. The molecular formula is C26H20N4O2. The second-order valence-electron chi connectivity index (χ2n) is 7.54. The first-order valence-corrected chi connectivity index (χ1v) is 10.1. The number of carbonyl (C=O) groups excluding carboxylic acids is 2. The van der Waals surface area contributed by atoms with E-state index in [9.17, 15) is 9.59 Å². The van der Waals surface area contributed by atoms with Gasteiger partial charge in [-0.1, -0.05) is 72.8 Å². The molecule has 1 aliphatic rings. The highest BCUT2D eigenvalue weighted by atomic mass is 16.1. The van der Waals surface area contributed by atoms with E-state index in [2.05, 4.69) is 10.6 Å². The van der Waals surface area contributed by atoms with Crippen molar-refractivity contribution in [3.63, 3.8) is 0 Å². The smallest absolute Gasteiger partial charge is 0.229 e. The third-order valence-electron chi connectivity index (χ3n) is 5.58. The summed E-state index contributed by atoms with van der Waals surface area (Å²) in [6.07, 6.45) is 0. The lowest BCUT2D eigenvalue weighted by molar-refractivity contribution is -0.116. The van der Waals surface area contributed by atoms with Crippen molar-refractivity contribution >= 4 is 44.5 Å².